The lowest BCUT2D eigenvalue weighted by Crippen LogP contribution is -2.02. The van der Waals surface area contributed by atoms with Crippen LogP contribution < -0.4 is 9.47 Å². The lowest BCUT2D eigenvalue weighted by atomic mass is 10.2. The van der Waals surface area contributed by atoms with E-state index in [9.17, 15) is 0 Å². The van der Waals surface area contributed by atoms with E-state index in [1.165, 1.54) is 0 Å². The summed E-state index contributed by atoms with van der Waals surface area (Å²) in [4.78, 5) is 7.91. The molecule has 5 nitrogen and oxygen atoms in total. The van der Waals surface area contributed by atoms with Crippen LogP contribution in [0.3, 0.4) is 0 Å². The zero-order valence-electron chi connectivity index (χ0n) is 11.4. The topological polar surface area (TPSA) is 56.4 Å². The number of aromatic amines is 1. The fourth-order valence-electron chi connectivity index (χ4n) is 2.51. The summed E-state index contributed by atoms with van der Waals surface area (Å²) in [5.74, 6) is 2.27. The normalized spacial score (nSPS) is 22.9. The monoisotopic (exact) mass is 262 g/mol. The second-order valence-corrected chi connectivity index (χ2v) is 4.86. The molecule has 1 fully saturated rings. The molecule has 0 saturated carbocycles. The largest absolute Gasteiger partial charge is 0.493 e. The molecule has 0 bridgehead atoms. The third kappa shape index (κ3) is 2.14. The van der Waals surface area contributed by atoms with Crippen LogP contribution in [0.1, 0.15) is 31.7 Å². The minimum Gasteiger partial charge on any atom is -0.493 e. The summed E-state index contributed by atoms with van der Waals surface area (Å²) in [7, 11) is 3.25. The molecule has 5 heteroatoms. The van der Waals surface area contributed by atoms with E-state index in [4.69, 9.17) is 14.2 Å². The van der Waals surface area contributed by atoms with Gasteiger partial charge in [-0.25, -0.2) is 4.98 Å². The highest BCUT2D eigenvalue weighted by Gasteiger charge is 2.26. The van der Waals surface area contributed by atoms with Gasteiger partial charge in [-0.15, -0.1) is 0 Å². The molecular formula is C14H18N2O3. The highest BCUT2D eigenvalue weighted by Crippen LogP contribution is 2.35. The Morgan fingerprint density at radius 3 is 2.58 bits per heavy atom. The van der Waals surface area contributed by atoms with Crippen LogP contribution in [0.25, 0.3) is 11.0 Å². The molecule has 2 unspecified atom stereocenters. The molecule has 102 valence electrons. The van der Waals surface area contributed by atoms with E-state index in [0.717, 1.165) is 29.7 Å². The van der Waals surface area contributed by atoms with Gasteiger partial charge in [0.1, 0.15) is 11.9 Å². The number of ether oxygens (including phenoxy) is 3. The molecule has 1 aliphatic rings. The van der Waals surface area contributed by atoms with Gasteiger partial charge in [0.25, 0.3) is 0 Å². The van der Waals surface area contributed by atoms with Gasteiger partial charge < -0.3 is 19.2 Å². The Morgan fingerprint density at radius 2 is 1.95 bits per heavy atom. The molecule has 1 aromatic carbocycles. The summed E-state index contributed by atoms with van der Waals surface area (Å²) in [6, 6.07) is 3.79. The van der Waals surface area contributed by atoms with Crippen molar-refractivity contribution in [2.24, 2.45) is 0 Å². The molecule has 0 aliphatic carbocycles. The molecule has 1 aliphatic heterocycles. The standard InChI is InChI=1S/C14H18N2O3/c1-8-4-5-11(19-8)14-15-9-6-12(17-2)13(18-3)7-10(9)16-14/h6-8,11H,4-5H2,1-3H3,(H,15,16). The van der Waals surface area contributed by atoms with Crippen molar-refractivity contribution in [1.29, 1.82) is 0 Å². The highest BCUT2D eigenvalue weighted by atomic mass is 16.5. The van der Waals surface area contributed by atoms with Gasteiger partial charge in [-0.05, 0) is 19.8 Å². The quantitative estimate of drug-likeness (QED) is 0.924. The second-order valence-electron chi connectivity index (χ2n) is 4.86. The number of hydrogen-bond donors (Lipinski definition) is 1. The summed E-state index contributed by atoms with van der Waals surface area (Å²) in [5.41, 5.74) is 1.81. The lowest BCUT2D eigenvalue weighted by molar-refractivity contribution is 0.0510. The van der Waals surface area contributed by atoms with Crippen LogP contribution in [-0.4, -0.2) is 30.3 Å². The fourth-order valence-corrected chi connectivity index (χ4v) is 2.51. The number of fused-ring (bicyclic) bond motifs is 1. The maximum atomic E-state index is 5.83. The van der Waals surface area contributed by atoms with Crippen LogP contribution in [0.4, 0.5) is 0 Å². The average Bonchev–Trinajstić information content (AvgIpc) is 3.02. The Hall–Kier alpha value is -1.75. The first-order valence-electron chi connectivity index (χ1n) is 6.48. The van der Waals surface area contributed by atoms with E-state index in [1.807, 2.05) is 12.1 Å². The summed E-state index contributed by atoms with van der Waals surface area (Å²) < 4.78 is 16.4. The molecule has 19 heavy (non-hydrogen) atoms. The van der Waals surface area contributed by atoms with E-state index < -0.39 is 0 Å². The summed E-state index contributed by atoms with van der Waals surface area (Å²) in [6.45, 7) is 2.09. The number of rotatable bonds is 3. The third-order valence-corrected chi connectivity index (χ3v) is 3.54. The van der Waals surface area contributed by atoms with Crippen molar-refractivity contribution in [3.05, 3.63) is 18.0 Å². The van der Waals surface area contributed by atoms with Gasteiger partial charge in [0.2, 0.25) is 0 Å². The number of methoxy groups -OCH3 is 2. The molecule has 1 aromatic heterocycles. The van der Waals surface area contributed by atoms with Gasteiger partial charge in [0.15, 0.2) is 11.5 Å². The van der Waals surface area contributed by atoms with Crippen LogP contribution in [0, 0.1) is 0 Å². The summed E-state index contributed by atoms with van der Waals surface area (Å²) >= 11 is 0. The zero-order valence-corrected chi connectivity index (χ0v) is 11.4. The van der Waals surface area contributed by atoms with E-state index in [0.29, 0.717) is 17.6 Å². The maximum Gasteiger partial charge on any atom is 0.163 e. The van der Waals surface area contributed by atoms with E-state index >= 15 is 0 Å². The minimum absolute atomic E-state index is 0.0689. The smallest absolute Gasteiger partial charge is 0.163 e. The van der Waals surface area contributed by atoms with Gasteiger partial charge in [0.05, 0.1) is 31.4 Å². The Kier molecular flexibility index (Phi) is 3.06. The first-order valence-corrected chi connectivity index (χ1v) is 6.48. The van der Waals surface area contributed by atoms with Crippen LogP contribution in [0.2, 0.25) is 0 Å². The molecule has 1 saturated heterocycles. The van der Waals surface area contributed by atoms with Crippen LogP contribution in [0.15, 0.2) is 12.1 Å². The minimum atomic E-state index is 0.0689. The van der Waals surface area contributed by atoms with Crippen molar-refractivity contribution in [2.45, 2.75) is 32.0 Å². The van der Waals surface area contributed by atoms with Crippen molar-refractivity contribution in [1.82, 2.24) is 9.97 Å². The van der Waals surface area contributed by atoms with Crippen molar-refractivity contribution < 1.29 is 14.2 Å². The molecule has 2 atom stereocenters. The number of nitrogens with one attached hydrogen (secondary N) is 1. The lowest BCUT2D eigenvalue weighted by Gasteiger charge is -2.06. The molecular weight excluding hydrogens is 244 g/mol. The average molecular weight is 262 g/mol. The number of hydrogen-bond acceptors (Lipinski definition) is 4. The predicted octanol–water partition coefficient (Wildman–Crippen LogP) is 2.82. The number of H-pyrrole nitrogens is 1. The van der Waals surface area contributed by atoms with Gasteiger partial charge in [0, 0.05) is 12.1 Å². The SMILES string of the molecule is COc1cc2nc(C3CCC(C)O3)[nH]c2cc1OC. The number of benzene rings is 1. The van der Waals surface area contributed by atoms with Gasteiger partial charge in [-0.3, -0.25) is 0 Å². The van der Waals surface area contributed by atoms with E-state index in [2.05, 4.69) is 16.9 Å². The Labute approximate surface area is 111 Å². The molecule has 2 aromatic rings. The fraction of sp³-hybridized carbons (Fsp3) is 0.500. The Morgan fingerprint density at radius 1 is 1.21 bits per heavy atom. The van der Waals surface area contributed by atoms with Crippen molar-refractivity contribution >= 4 is 11.0 Å². The van der Waals surface area contributed by atoms with E-state index in [1.54, 1.807) is 14.2 Å². The number of imidazole rings is 1. The first-order chi connectivity index (χ1) is 9.21. The molecule has 2 heterocycles. The molecule has 0 radical (unpaired) electrons. The maximum absolute atomic E-state index is 5.83. The molecule has 3 rings (SSSR count). The number of nitrogens with zero attached hydrogens (tertiary/aromatic N) is 1. The molecule has 1 N–H and O–H groups in total. The number of aromatic nitrogens is 2. The van der Waals surface area contributed by atoms with Gasteiger partial charge in [-0.2, -0.15) is 0 Å². The van der Waals surface area contributed by atoms with Crippen LogP contribution in [-0.2, 0) is 4.74 Å². The molecule has 0 spiro atoms. The van der Waals surface area contributed by atoms with Crippen LogP contribution >= 0.6 is 0 Å². The van der Waals surface area contributed by atoms with Crippen molar-refractivity contribution in [3.8, 4) is 11.5 Å². The zero-order chi connectivity index (χ0) is 13.4. The van der Waals surface area contributed by atoms with Crippen molar-refractivity contribution in [2.75, 3.05) is 14.2 Å². The van der Waals surface area contributed by atoms with Crippen LogP contribution in [0.5, 0.6) is 11.5 Å². The third-order valence-electron chi connectivity index (χ3n) is 3.54. The summed E-state index contributed by atoms with van der Waals surface area (Å²) in [5, 5.41) is 0. The van der Waals surface area contributed by atoms with Gasteiger partial charge >= 0.3 is 0 Å². The highest BCUT2D eigenvalue weighted by molar-refractivity contribution is 5.79. The van der Waals surface area contributed by atoms with Gasteiger partial charge in [-0.1, -0.05) is 0 Å². The predicted molar refractivity (Wildman–Crippen MR) is 71.7 cm³/mol. The Balaban J connectivity index is 2.00. The van der Waals surface area contributed by atoms with E-state index in [-0.39, 0.29) is 6.10 Å². The summed E-state index contributed by atoms with van der Waals surface area (Å²) in [6.07, 6.45) is 2.46. The Bertz CT molecular complexity index is 553. The first kappa shape index (κ1) is 12.3. The molecule has 0 amide bonds. The van der Waals surface area contributed by atoms with Crippen molar-refractivity contribution in [3.63, 3.8) is 0 Å². The second kappa shape index (κ2) is 4.74.